The second kappa shape index (κ2) is 5.96. The molecule has 0 aliphatic carbocycles. The number of non-ortho nitro benzene ring substituents is 1. The monoisotopic (exact) mass is 254 g/mol. The molecular weight excluding hydrogens is 242 g/mol. The molecular formula is C12H12F2N2O2. The normalized spacial score (nSPS) is 11.7. The molecule has 1 unspecified atom stereocenters. The van der Waals surface area contributed by atoms with Gasteiger partial charge in [0.1, 0.15) is 5.69 Å². The molecule has 0 fully saturated rings. The summed E-state index contributed by atoms with van der Waals surface area (Å²) in [5.74, 6) is 0.306. The Kier molecular flexibility index (Phi) is 4.60. The lowest BCUT2D eigenvalue weighted by atomic mass is 10.1. The van der Waals surface area contributed by atoms with Crippen molar-refractivity contribution in [3.8, 4) is 12.3 Å². The maximum absolute atomic E-state index is 13.5. The summed E-state index contributed by atoms with van der Waals surface area (Å²) >= 11 is 0. The molecule has 1 aromatic rings. The van der Waals surface area contributed by atoms with Crippen molar-refractivity contribution in [2.75, 3.05) is 5.32 Å². The Bertz CT molecular complexity index is 474. The Morgan fingerprint density at radius 2 is 2.06 bits per heavy atom. The number of nitrogens with zero attached hydrogens (tertiary/aromatic N) is 1. The second-order valence-electron chi connectivity index (χ2n) is 3.69. The van der Waals surface area contributed by atoms with E-state index < -0.39 is 34.0 Å². The molecule has 6 heteroatoms. The van der Waals surface area contributed by atoms with Gasteiger partial charge in [-0.3, -0.25) is 10.1 Å². The topological polar surface area (TPSA) is 55.2 Å². The third kappa shape index (κ3) is 3.17. The number of hydrogen-bond donors (Lipinski definition) is 1. The first kappa shape index (κ1) is 13.9. The molecule has 0 spiro atoms. The van der Waals surface area contributed by atoms with Crippen molar-refractivity contribution >= 4 is 11.4 Å². The summed E-state index contributed by atoms with van der Waals surface area (Å²) in [4.78, 5) is 9.56. The van der Waals surface area contributed by atoms with E-state index in [0.29, 0.717) is 18.6 Å². The van der Waals surface area contributed by atoms with E-state index in [-0.39, 0.29) is 0 Å². The van der Waals surface area contributed by atoms with Gasteiger partial charge in [0, 0.05) is 0 Å². The Morgan fingerprint density at radius 3 is 2.44 bits per heavy atom. The molecule has 0 bridgehead atoms. The molecule has 1 atom stereocenters. The Hall–Kier alpha value is -2.16. The van der Waals surface area contributed by atoms with Gasteiger partial charge in [-0.1, -0.05) is 19.3 Å². The fraction of sp³-hybridized carbons (Fsp3) is 0.333. The fourth-order valence-electron chi connectivity index (χ4n) is 1.46. The van der Waals surface area contributed by atoms with Gasteiger partial charge < -0.3 is 5.32 Å². The number of nitro benzene ring substituents is 1. The summed E-state index contributed by atoms with van der Waals surface area (Å²) in [6.45, 7) is 1.88. The number of terminal acetylenes is 1. The summed E-state index contributed by atoms with van der Waals surface area (Å²) in [6, 6.07) is 0.802. The molecule has 1 aromatic carbocycles. The number of anilines is 1. The van der Waals surface area contributed by atoms with E-state index in [0.717, 1.165) is 6.42 Å². The largest absolute Gasteiger partial charge is 0.367 e. The summed E-state index contributed by atoms with van der Waals surface area (Å²) in [5.41, 5.74) is -1.07. The van der Waals surface area contributed by atoms with E-state index in [2.05, 4.69) is 11.2 Å². The van der Waals surface area contributed by atoms with Crippen molar-refractivity contribution in [2.45, 2.75) is 25.8 Å². The van der Waals surface area contributed by atoms with Crippen molar-refractivity contribution in [1.29, 1.82) is 0 Å². The van der Waals surface area contributed by atoms with E-state index in [1.807, 2.05) is 6.92 Å². The first-order valence-corrected chi connectivity index (χ1v) is 5.35. The first-order valence-electron chi connectivity index (χ1n) is 5.35. The first-order chi connectivity index (χ1) is 8.49. The minimum atomic E-state index is -1.03. The maximum atomic E-state index is 13.5. The van der Waals surface area contributed by atoms with Crippen LogP contribution in [0.25, 0.3) is 0 Å². The fourth-order valence-corrected chi connectivity index (χ4v) is 1.46. The third-order valence-electron chi connectivity index (χ3n) is 2.33. The molecule has 96 valence electrons. The van der Waals surface area contributed by atoms with E-state index in [4.69, 9.17) is 6.42 Å². The third-order valence-corrected chi connectivity index (χ3v) is 2.33. The Labute approximate surface area is 103 Å². The molecule has 0 saturated carbocycles. The molecule has 0 aromatic heterocycles. The summed E-state index contributed by atoms with van der Waals surface area (Å²) < 4.78 is 27.1. The van der Waals surface area contributed by atoms with Crippen molar-refractivity contribution in [3.05, 3.63) is 33.9 Å². The lowest BCUT2D eigenvalue weighted by Crippen LogP contribution is -2.18. The quantitative estimate of drug-likeness (QED) is 0.499. The highest BCUT2D eigenvalue weighted by Gasteiger charge is 2.18. The lowest BCUT2D eigenvalue weighted by molar-refractivity contribution is -0.385. The van der Waals surface area contributed by atoms with Crippen LogP contribution in [0.3, 0.4) is 0 Å². The zero-order chi connectivity index (χ0) is 13.7. The smallest absolute Gasteiger partial charge is 0.275 e. The minimum Gasteiger partial charge on any atom is -0.367 e. The van der Waals surface area contributed by atoms with E-state index >= 15 is 0 Å². The minimum absolute atomic E-state index is 0.433. The SMILES string of the molecule is C#CC(CCC)Nc1c(F)cc([N+](=O)[O-])cc1F. The van der Waals surface area contributed by atoms with Crippen LogP contribution >= 0.6 is 0 Å². The van der Waals surface area contributed by atoms with Gasteiger partial charge in [-0.05, 0) is 6.42 Å². The average Bonchev–Trinajstić information content (AvgIpc) is 2.31. The predicted octanol–water partition coefficient (Wildman–Crippen LogP) is 3.09. The number of rotatable bonds is 5. The average molecular weight is 254 g/mol. The number of benzene rings is 1. The van der Waals surface area contributed by atoms with Gasteiger partial charge in [-0.25, -0.2) is 8.78 Å². The van der Waals surface area contributed by atoms with Gasteiger partial charge in [0.15, 0.2) is 11.6 Å². The van der Waals surface area contributed by atoms with Crippen LogP contribution in [0.1, 0.15) is 19.8 Å². The summed E-state index contributed by atoms with van der Waals surface area (Å²) in [5, 5.41) is 12.9. The van der Waals surface area contributed by atoms with Gasteiger partial charge in [0.2, 0.25) is 0 Å². The number of nitrogens with one attached hydrogen (secondary N) is 1. The van der Waals surface area contributed by atoms with Crippen molar-refractivity contribution in [1.82, 2.24) is 0 Å². The highest BCUT2D eigenvalue weighted by Crippen LogP contribution is 2.25. The van der Waals surface area contributed by atoms with Gasteiger partial charge in [-0.2, -0.15) is 0 Å². The van der Waals surface area contributed by atoms with Crippen LogP contribution in [-0.4, -0.2) is 11.0 Å². The van der Waals surface area contributed by atoms with Gasteiger partial charge in [0.05, 0.1) is 23.1 Å². The number of halogens is 2. The van der Waals surface area contributed by atoms with Crippen LogP contribution in [0.5, 0.6) is 0 Å². The molecule has 4 nitrogen and oxygen atoms in total. The number of hydrogen-bond acceptors (Lipinski definition) is 3. The van der Waals surface area contributed by atoms with E-state index in [9.17, 15) is 18.9 Å². The van der Waals surface area contributed by atoms with Crippen molar-refractivity contribution < 1.29 is 13.7 Å². The van der Waals surface area contributed by atoms with E-state index in [1.54, 1.807) is 0 Å². The van der Waals surface area contributed by atoms with Gasteiger partial charge in [-0.15, -0.1) is 6.42 Å². The van der Waals surface area contributed by atoms with Crippen LogP contribution in [0.2, 0.25) is 0 Å². The van der Waals surface area contributed by atoms with Crippen LogP contribution in [0, 0.1) is 34.1 Å². The standard InChI is InChI=1S/C12H12F2N2O2/c1-3-5-8(4-2)15-12-10(13)6-9(16(17)18)7-11(12)14/h2,6-8,15H,3,5H2,1H3. The van der Waals surface area contributed by atoms with E-state index in [1.165, 1.54) is 0 Å². The Balaban J connectivity index is 3.04. The zero-order valence-electron chi connectivity index (χ0n) is 9.74. The maximum Gasteiger partial charge on any atom is 0.275 e. The van der Waals surface area contributed by atoms with Crippen LogP contribution in [0.4, 0.5) is 20.2 Å². The predicted molar refractivity (Wildman–Crippen MR) is 64.2 cm³/mol. The van der Waals surface area contributed by atoms with Gasteiger partial charge in [0.25, 0.3) is 5.69 Å². The highest BCUT2D eigenvalue weighted by atomic mass is 19.1. The van der Waals surface area contributed by atoms with Crippen molar-refractivity contribution in [3.63, 3.8) is 0 Å². The summed E-state index contributed by atoms with van der Waals surface area (Å²) in [6.07, 6.45) is 6.52. The number of nitro groups is 1. The molecule has 0 aliphatic rings. The van der Waals surface area contributed by atoms with Crippen LogP contribution < -0.4 is 5.32 Å². The molecule has 1 rings (SSSR count). The molecule has 1 N–H and O–H groups in total. The highest BCUT2D eigenvalue weighted by molar-refractivity contribution is 5.53. The summed E-state index contributed by atoms with van der Waals surface area (Å²) in [7, 11) is 0. The Morgan fingerprint density at radius 1 is 1.50 bits per heavy atom. The molecule has 0 aliphatic heterocycles. The molecule has 0 saturated heterocycles. The second-order valence-corrected chi connectivity index (χ2v) is 3.69. The van der Waals surface area contributed by atoms with Crippen LogP contribution in [0.15, 0.2) is 12.1 Å². The molecule has 18 heavy (non-hydrogen) atoms. The molecule has 0 amide bonds. The lowest BCUT2D eigenvalue weighted by Gasteiger charge is -2.14. The zero-order valence-corrected chi connectivity index (χ0v) is 9.74. The van der Waals surface area contributed by atoms with Crippen LogP contribution in [-0.2, 0) is 0 Å². The molecule has 0 heterocycles. The van der Waals surface area contributed by atoms with Gasteiger partial charge >= 0.3 is 0 Å². The van der Waals surface area contributed by atoms with Crippen molar-refractivity contribution in [2.24, 2.45) is 0 Å². The molecule has 0 radical (unpaired) electrons.